The average Bonchev–Trinajstić information content (AvgIpc) is 3.25. The van der Waals surface area contributed by atoms with Gasteiger partial charge in [0, 0.05) is 70.5 Å². The van der Waals surface area contributed by atoms with Gasteiger partial charge in [-0.3, -0.25) is 9.59 Å². The zero-order chi connectivity index (χ0) is 47.8. The third-order valence-electron chi connectivity index (χ3n) is 10.9. The molecule has 0 bridgehead atoms. The summed E-state index contributed by atoms with van der Waals surface area (Å²) in [4.78, 5) is 54.1. The summed E-state index contributed by atoms with van der Waals surface area (Å²) in [6.07, 6.45) is -7.91. The SMILES string of the molecule is O=C1C=C(C2Oc3cc(O)cc(O)c3CC2OC(=O)c2cc(O)c(O)c(O)c2)C(c2c(C3Oc4cc(O)cc(O)c4CC3OC(=O)c3cc(O)c(O)c(O)c3)cc(O)c(O)c2O)=C(O)C1=O. The van der Waals surface area contributed by atoms with Crippen LogP contribution in [0.15, 0.2) is 72.0 Å². The number of hydrogen-bond donors (Lipinski definition) is 14. The van der Waals surface area contributed by atoms with Crippen LogP contribution in [0.1, 0.15) is 49.1 Å². The zero-order valence-electron chi connectivity index (χ0n) is 33.0. The normalized spacial score (nSPS) is 18.9. The monoisotopic (exact) mass is 912 g/mol. The molecule has 0 fully saturated rings. The van der Waals surface area contributed by atoms with Gasteiger partial charge < -0.3 is 90.4 Å². The Kier molecular flexibility index (Phi) is 10.4. The molecule has 340 valence electrons. The van der Waals surface area contributed by atoms with E-state index < -0.39 is 175 Å². The van der Waals surface area contributed by atoms with Gasteiger partial charge in [0.1, 0.15) is 46.7 Å². The number of esters is 2. The largest absolute Gasteiger partial charge is 0.508 e. The van der Waals surface area contributed by atoms with E-state index in [1.54, 1.807) is 0 Å². The van der Waals surface area contributed by atoms with Crippen molar-refractivity contribution in [3.05, 3.63) is 105 Å². The van der Waals surface area contributed by atoms with E-state index in [4.69, 9.17) is 18.9 Å². The van der Waals surface area contributed by atoms with Crippen molar-refractivity contribution in [1.82, 2.24) is 0 Å². The zero-order valence-corrected chi connectivity index (χ0v) is 33.0. The van der Waals surface area contributed by atoms with Gasteiger partial charge in [0.05, 0.1) is 11.1 Å². The van der Waals surface area contributed by atoms with Crippen LogP contribution in [0.2, 0.25) is 0 Å². The van der Waals surface area contributed by atoms with Crippen LogP contribution in [0.25, 0.3) is 5.57 Å². The number of ketones is 2. The first-order valence-corrected chi connectivity index (χ1v) is 19.0. The van der Waals surface area contributed by atoms with Crippen LogP contribution >= 0.6 is 0 Å². The molecule has 0 saturated carbocycles. The number of phenolic OH excluding ortho intramolecular Hbond substituents is 13. The lowest BCUT2D eigenvalue weighted by molar-refractivity contribution is -0.133. The standard InChI is InChI=1S/C44H32O22/c45-15-5-21(47)17-11-31(65-43(61)13-1-23(49)35(55)24(50)2-13)41(63-29(17)7-15)19-9-27(53)37(57)39(59)33(19)34-20(10-28(54)38(58)40(34)60)42-32(12-18-22(48)6-16(46)8-30(18)64-42)66-44(62)14-3-25(51)36(56)26(52)4-14/h1-10,31-32,41-42,45-53,55-57,59-60H,11-12H2. The van der Waals surface area contributed by atoms with E-state index in [9.17, 15) is 90.7 Å². The lowest BCUT2D eigenvalue weighted by Gasteiger charge is -2.38. The number of aliphatic hydroxyl groups is 1. The number of ether oxygens (including phenoxy) is 4. The molecule has 4 atom stereocenters. The van der Waals surface area contributed by atoms with E-state index in [1.165, 1.54) is 0 Å². The molecule has 5 aromatic carbocycles. The number of rotatable bonds is 7. The van der Waals surface area contributed by atoms with Crippen molar-refractivity contribution >= 4 is 29.1 Å². The minimum Gasteiger partial charge on any atom is -0.508 e. The van der Waals surface area contributed by atoms with Crippen LogP contribution in [0.4, 0.5) is 0 Å². The first-order chi connectivity index (χ1) is 31.1. The van der Waals surface area contributed by atoms with Gasteiger partial charge in [-0.1, -0.05) is 0 Å². The van der Waals surface area contributed by atoms with Gasteiger partial charge in [-0.15, -0.1) is 0 Å². The topological polar surface area (TPSA) is 388 Å². The van der Waals surface area contributed by atoms with Crippen LogP contribution in [-0.4, -0.2) is 113 Å². The average molecular weight is 913 g/mol. The number of aromatic hydroxyl groups is 13. The first kappa shape index (κ1) is 43.3. The Labute approximate surface area is 367 Å². The Morgan fingerprint density at radius 3 is 1.39 bits per heavy atom. The molecule has 2 heterocycles. The highest BCUT2D eigenvalue weighted by Crippen LogP contribution is 2.53. The highest BCUT2D eigenvalue weighted by atomic mass is 16.6. The van der Waals surface area contributed by atoms with Gasteiger partial charge >= 0.3 is 11.9 Å². The smallest absolute Gasteiger partial charge is 0.338 e. The molecule has 14 N–H and O–H groups in total. The van der Waals surface area contributed by atoms with Crippen LogP contribution in [-0.2, 0) is 31.9 Å². The summed E-state index contributed by atoms with van der Waals surface area (Å²) in [5.74, 6) is -19.7. The Balaban J connectivity index is 1.31. The summed E-state index contributed by atoms with van der Waals surface area (Å²) in [5, 5.41) is 148. The van der Waals surface area contributed by atoms with Gasteiger partial charge in [-0.05, 0) is 36.4 Å². The van der Waals surface area contributed by atoms with Crippen molar-refractivity contribution in [2.24, 2.45) is 0 Å². The number of benzene rings is 5. The quantitative estimate of drug-likeness (QED) is 0.0482. The predicted molar refractivity (Wildman–Crippen MR) is 215 cm³/mol. The maximum atomic E-state index is 13.7. The molecule has 0 aromatic heterocycles. The molecule has 4 unspecified atom stereocenters. The van der Waals surface area contributed by atoms with Gasteiger partial charge in [-0.2, -0.15) is 0 Å². The van der Waals surface area contributed by atoms with Crippen molar-refractivity contribution in [1.29, 1.82) is 0 Å². The second-order valence-corrected chi connectivity index (χ2v) is 15.1. The number of phenols is 13. The molecule has 8 rings (SSSR count). The highest BCUT2D eigenvalue weighted by molar-refractivity contribution is 6.50. The minimum atomic E-state index is -1.94. The second-order valence-electron chi connectivity index (χ2n) is 15.1. The summed E-state index contributed by atoms with van der Waals surface area (Å²) in [5.41, 5.74) is -4.34. The molecule has 66 heavy (non-hydrogen) atoms. The molecule has 2 aliphatic heterocycles. The van der Waals surface area contributed by atoms with Crippen LogP contribution < -0.4 is 9.47 Å². The van der Waals surface area contributed by atoms with Gasteiger partial charge in [0.15, 0.2) is 64.0 Å². The van der Waals surface area contributed by atoms with Crippen LogP contribution in [0.5, 0.6) is 86.2 Å². The van der Waals surface area contributed by atoms with Crippen molar-refractivity contribution in [3.8, 4) is 86.2 Å². The Bertz CT molecular complexity index is 2990. The number of allylic oxidation sites excluding steroid dienone is 2. The van der Waals surface area contributed by atoms with Crippen molar-refractivity contribution in [2.45, 2.75) is 37.3 Å². The van der Waals surface area contributed by atoms with Crippen molar-refractivity contribution < 1.29 is 110 Å². The molecule has 0 saturated heterocycles. The number of Topliss-reactive ketones (excluding diaryl/α,β-unsaturated/α-hetero) is 1. The summed E-state index contributed by atoms with van der Waals surface area (Å²) in [6.45, 7) is 0. The van der Waals surface area contributed by atoms with E-state index in [2.05, 4.69) is 0 Å². The van der Waals surface area contributed by atoms with E-state index in [-0.39, 0.29) is 22.6 Å². The Hall–Kier alpha value is -9.34. The molecule has 22 heteroatoms. The second kappa shape index (κ2) is 15.8. The number of aliphatic hydroxyl groups excluding tert-OH is 1. The van der Waals surface area contributed by atoms with Crippen LogP contribution in [0, 0.1) is 0 Å². The van der Waals surface area contributed by atoms with Gasteiger partial charge in [-0.25, -0.2) is 9.59 Å². The number of fused-ring (bicyclic) bond motifs is 2. The Morgan fingerprint density at radius 2 is 0.924 bits per heavy atom. The number of hydrogen-bond acceptors (Lipinski definition) is 22. The van der Waals surface area contributed by atoms with Crippen LogP contribution in [0.3, 0.4) is 0 Å². The lowest BCUT2D eigenvalue weighted by atomic mass is 9.79. The van der Waals surface area contributed by atoms with Gasteiger partial charge in [0.25, 0.3) is 5.78 Å². The Morgan fingerprint density at radius 1 is 0.500 bits per heavy atom. The van der Waals surface area contributed by atoms with E-state index in [0.29, 0.717) is 30.3 Å². The molecule has 0 amide bonds. The fourth-order valence-corrected chi connectivity index (χ4v) is 7.77. The molecule has 5 aromatic rings. The minimum absolute atomic E-state index is 0.103. The molecule has 1 aliphatic carbocycles. The molecule has 3 aliphatic rings. The molecular weight excluding hydrogens is 880 g/mol. The summed E-state index contributed by atoms with van der Waals surface area (Å²) in [6, 6.07) is 7.37. The summed E-state index contributed by atoms with van der Waals surface area (Å²) in [7, 11) is 0. The maximum Gasteiger partial charge on any atom is 0.338 e. The third-order valence-corrected chi connectivity index (χ3v) is 10.9. The van der Waals surface area contributed by atoms with E-state index in [1.807, 2.05) is 0 Å². The highest BCUT2D eigenvalue weighted by Gasteiger charge is 2.46. The predicted octanol–water partition coefficient (Wildman–Crippen LogP) is 3.34. The first-order valence-electron chi connectivity index (χ1n) is 19.0. The molecular formula is C44H32O22. The fraction of sp³-hybridized carbons (Fsp3) is 0.136. The maximum absolute atomic E-state index is 13.7. The fourth-order valence-electron chi connectivity index (χ4n) is 7.77. The van der Waals surface area contributed by atoms with Crippen molar-refractivity contribution in [3.63, 3.8) is 0 Å². The molecule has 22 nitrogen and oxygen atoms in total. The van der Waals surface area contributed by atoms with Crippen molar-refractivity contribution in [2.75, 3.05) is 0 Å². The lowest BCUT2D eigenvalue weighted by Crippen LogP contribution is -2.44. The summed E-state index contributed by atoms with van der Waals surface area (Å²) < 4.78 is 23.7. The number of carbonyl (C=O) groups is 4. The number of carbonyl (C=O) groups excluding carboxylic acids is 4. The molecule has 0 radical (unpaired) electrons. The van der Waals surface area contributed by atoms with Gasteiger partial charge in [0.2, 0.25) is 11.5 Å². The molecule has 0 spiro atoms. The third kappa shape index (κ3) is 7.32. The van der Waals surface area contributed by atoms with E-state index in [0.717, 1.165) is 30.3 Å². The van der Waals surface area contributed by atoms with E-state index >= 15 is 0 Å². The summed E-state index contributed by atoms with van der Waals surface area (Å²) >= 11 is 0.